The molecule has 0 aliphatic rings. The lowest BCUT2D eigenvalue weighted by Gasteiger charge is -2.05. The summed E-state index contributed by atoms with van der Waals surface area (Å²) in [4.78, 5) is 10.5. The summed E-state index contributed by atoms with van der Waals surface area (Å²) in [5.41, 5.74) is 0. The first kappa shape index (κ1) is 10.4. The molecule has 0 unspecified atom stereocenters. The van der Waals surface area contributed by atoms with Crippen molar-refractivity contribution in [3.63, 3.8) is 0 Å². The lowest BCUT2D eigenvalue weighted by Crippen LogP contribution is -1.98. The highest BCUT2D eigenvalue weighted by molar-refractivity contribution is 8.76. The van der Waals surface area contributed by atoms with E-state index in [4.69, 9.17) is 0 Å². The molecule has 0 aromatic rings. The predicted molar refractivity (Wildman–Crippen MR) is 50.5 cm³/mol. The van der Waals surface area contributed by atoms with E-state index < -0.39 is 0 Å². The van der Waals surface area contributed by atoms with Gasteiger partial charge in [-0.05, 0) is 19.6 Å². The average Bonchev–Trinajstić information content (AvgIpc) is 1.85. The van der Waals surface area contributed by atoms with Crippen LogP contribution < -0.4 is 0 Å². The largest absolute Gasteiger partial charge is 0.300 e. The molecule has 0 saturated carbocycles. The first-order chi connectivity index (χ1) is 4.66. The van der Waals surface area contributed by atoms with E-state index >= 15 is 0 Å². The van der Waals surface area contributed by atoms with Gasteiger partial charge in [0.2, 0.25) is 0 Å². The summed E-state index contributed by atoms with van der Waals surface area (Å²) < 4.78 is 0. The molecule has 0 aliphatic heterocycles. The number of ketones is 1. The quantitative estimate of drug-likeness (QED) is 0.603. The van der Waals surface area contributed by atoms with Crippen molar-refractivity contribution < 1.29 is 4.79 Å². The molecular weight excluding hydrogens is 164 g/mol. The van der Waals surface area contributed by atoms with Crippen molar-refractivity contribution in [3.8, 4) is 0 Å². The minimum atomic E-state index is 0.300. The van der Waals surface area contributed by atoms with Gasteiger partial charge < -0.3 is 4.79 Å². The Morgan fingerprint density at radius 3 is 2.60 bits per heavy atom. The Balaban J connectivity index is 3.21. The van der Waals surface area contributed by atoms with Crippen molar-refractivity contribution in [1.82, 2.24) is 0 Å². The van der Waals surface area contributed by atoms with Crippen LogP contribution in [0.1, 0.15) is 26.7 Å². The lowest BCUT2D eigenvalue weighted by atomic mass is 10.2. The number of hydrogen-bond acceptors (Lipinski definition) is 3. The molecule has 0 amide bonds. The fourth-order valence-electron chi connectivity index (χ4n) is 0.619. The highest BCUT2D eigenvalue weighted by Crippen LogP contribution is 2.26. The van der Waals surface area contributed by atoms with E-state index in [9.17, 15) is 4.79 Å². The molecule has 0 fully saturated rings. The van der Waals surface area contributed by atoms with Crippen molar-refractivity contribution in [3.05, 3.63) is 0 Å². The summed E-state index contributed by atoms with van der Waals surface area (Å²) in [5.74, 6) is 0.300. The lowest BCUT2D eigenvalue weighted by molar-refractivity contribution is -0.117. The highest BCUT2D eigenvalue weighted by Gasteiger charge is 2.02. The van der Waals surface area contributed by atoms with Gasteiger partial charge >= 0.3 is 0 Å². The van der Waals surface area contributed by atoms with Crippen LogP contribution in [-0.4, -0.2) is 17.3 Å². The van der Waals surface area contributed by atoms with Gasteiger partial charge in [0.05, 0.1) is 0 Å². The molecule has 60 valence electrons. The minimum absolute atomic E-state index is 0.300. The summed E-state index contributed by atoms with van der Waals surface area (Å²) in [7, 11) is 3.60. The topological polar surface area (TPSA) is 17.1 Å². The molecule has 0 bridgehead atoms. The molecule has 0 aromatic heterocycles. The monoisotopic (exact) mass is 178 g/mol. The van der Waals surface area contributed by atoms with Gasteiger partial charge in [-0.3, -0.25) is 0 Å². The van der Waals surface area contributed by atoms with Crippen molar-refractivity contribution >= 4 is 27.4 Å². The van der Waals surface area contributed by atoms with Crippen LogP contribution in [0.4, 0.5) is 0 Å². The third kappa shape index (κ3) is 6.49. The van der Waals surface area contributed by atoms with Gasteiger partial charge in [0.15, 0.2) is 0 Å². The van der Waals surface area contributed by atoms with Gasteiger partial charge in [0.1, 0.15) is 5.78 Å². The van der Waals surface area contributed by atoms with E-state index in [2.05, 4.69) is 13.2 Å². The van der Waals surface area contributed by atoms with Crippen LogP contribution >= 0.6 is 21.6 Å². The van der Waals surface area contributed by atoms with E-state index in [0.717, 1.165) is 12.8 Å². The summed E-state index contributed by atoms with van der Waals surface area (Å²) >= 11 is 0. The fraction of sp³-hybridized carbons (Fsp3) is 0.857. The molecule has 0 heterocycles. The van der Waals surface area contributed by atoms with E-state index in [1.165, 1.54) is 0 Å². The normalized spacial score (nSPS) is 13.1. The Bertz CT molecular complexity index is 104. The molecule has 0 saturated heterocycles. The minimum Gasteiger partial charge on any atom is -0.300 e. The zero-order chi connectivity index (χ0) is 7.98. The second-order valence-electron chi connectivity index (χ2n) is 2.31. The molecule has 0 radical (unpaired) electrons. The molecule has 1 atom stereocenters. The molecule has 0 aromatic carbocycles. The number of hydrogen-bond donors (Lipinski definition) is 0. The maximum atomic E-state index is 10.5. The van der Waals surface area contributed by atoms with Crippen LogP contribution in [0.5, 0.6) is 0 Å². The zero-order valence-corrected chi connectivity index (χ0v) is 8.35. The summed E-state index contributed by atoms with van der Waals surface area (Å²) in [6, 6.07) is 0. The number of Topliss-reactive ketones (excluding diaryl/α,β-unsaturated/α-hetero) is 1. The second kappa shape index (κ2) is 6.10. The van der Waals surface area contributed by atoms with Crippen LogP contribution in [-0.2, 0) is 4.79 Å². The SMILES string of the molecule is CSS[C@H](C)CCC(C)=O. The highest BCUT2D eigenvalue weighted by atomic mass is 33.1. The van der Waals surface area contributed by atoms with Crippen LogP contribution in [0.2, 0.25) is 0 Å². The number of carbonyl (C=O) groups is 1. The Hall–Kier alpha value is 0.370. The van der Waals surface area contributed by atoms with Crippen LogP contribution in [0, 0.1) is 0 Å². The fourth-order valence-corrected chi connectivity index (χ4v) is 2.44. The van der Waals surface area contributed by atoms with Crippen LogP contribution in [0.3, 0.4) is 0 Å². The third-order valence-corrected chi connectivity index (χ3v) is 3.48. The van der Waals surface area contributed by atoms with E-state index in [0.29, 0.717) is 11.0 Å². The smallest absolute Gasteiger partial charge is 0.129 e. The molecule has 10 heavy (non-hydrogen) atoms. The van der Waals surface area contributed by atoms with Gasteiger partial charge in [-0.15, -0.1) is 0 Å². The molecule has 0 spiro atoms. The van der Waals surface area contributed by atoms with E-state index in [1.54, 1.807) is 17.7 Å². The molecular formula is C7H14OS2. The Kier molecular flexibility index (Phi) is 6.33. The Labute approximate surface area is 70.7 Å². The Morgan fingerprint density at radius 2 is 2.20 bits per heavy atom. The predicted octanol–water partition coefficient (Wildman–Crippen LogP) is 2.76. The summed E-state index contributed by atoms with van der Waals surface area (Å²) in [6.45, 7) is 3.81. The van der Waals surface area contributed by atoms with Gasteiger partial charge in [-0.1, -0.05) is 28.5 Å². The van der Waals surface area contributed by atoms with Crippen molar-refractivity contribution in [2.75, 3.05) is 6.26 Å². The van der Waals surface area contributed by atoms with E-state index in [1.807, 2.05) is 10.8 Å². The molecule has 3 heteroatoms. The van der Waals surface area contributed by atoms with Gasteiger partial charge in [-0.2, -0.15) is 0 Å². The van der Waals surface area contributed by atoms with Crippen molar-refractivity contribution in [2.45, 2.75) is 31.9 Å². The summed E-state index contributed by atoms with van der Waals surface area (Å²) in [6.07, 6.45) is 3.81. The van der Waals surface area contributed by atoms with Gasteiger partial charge in [-0.25, -0.2) is 0 Å². The van der Waals surface area contributed by atoms with Crippen LogP contribution in [0.25, 0.3) is 0 Å². The second-order valence-corrected chi connectivity index (χ2v) is 5.22. The standard InChI is InChI=1S/C7H14OS2/c1-6(8)4-5-7(2)10-9-3/h7H,4-5H2,1-3H3/t7-/m1/s1. The maximum absolute atomic E-state index is 10.5. The first-order valence-electron chi connectivity index (χ1n) is 3.35. The summed E-state index contributed by atoms with van der Waals surface area (Å²) in [5, 5.41) is 0.610. The van der Waals surface area contributed by atoms with Crippen molar-refractivity contribution in [1.29, 1.82) is 0 Å². The Morgan fingerprint density at radius 1 is 1.60 bits per heavy atom. The van der Waals surface area contributed by atoms with Crippen LogP contribution in [0.15, 0.2) is 0 Å². The van der Waals surface area contributed by atoms with Gasteiger partial charge in [0.25, 0.3) is 0 Å². The molecule has 0 aliphatic carbocycles. The van der Waals surface area contributed by atoms with Crippen molar-refractivity contribution in [2.24, 2.45) is 0 Å². The van der Waals surface area contributed by atoms with Gasteiger partial charge in [0, 0.05) is 11.7 Å². The molecule has 0 rings (SSSR count). The third-order valence-electron chi connectivity index (χ3n) is 1.16. The first-order valence-corrected chi connectivity index (χ1v) is 5.98. The number of rotatable bonds is 5. The van der Waals surface area contributed by atoms with E-state index in [-0.39, 0.29) is 0 Å². The maximum Gasteiger partial charge on any atom is 0.129 e. The molecule has 0 N–H and O–H groups in total. The average molecular weight is 178 g/mol. The zero-order valence-electron chi connectivity index (χ0n) is 6.72. The number of carbonyl (C=O) groups excluding carboxylic acids is 1. The molecule has 1 nitrogen and oxygen atoms in total.